The van der Waals surface area contributed by atoms with Crippen molar-refractivity contribution in [3.05, 3.63) is 0 Å². The van der Waals surface area contributed by atoms with Gasteiger partial charge in [-0.05, 0) is 18.3 Å². The Labute approximate surface area is 111 Å². The Balaban J connectivity index is 2.13. The number of nitrogens with zero attached hydrogens (tertiary/aromatic N) is 1. The Morgan fingerprint density at radius 2 is 1.65 bits per heavy atom. The molecule has 17 heavy (non-hydrogen) atoms. The maximum atomic E-state index is 12.1. The van der Waals surface area contributed by atoms with Crippen molar-refractivity contribution in [1.29, 1.82) is 0 Å². The zero-order chi connectivity index (χ0) is 12.6. The average molecular weight is 302 g/mol. The highest BCUT2D eigenvalue weighted by Crippen LogP contribution is 2.41. The maximum Gasteiger partial charge on any atom is 0.232 e. The van der Waals surface area contributed by atoms with Gasteiger partial charge in [0.05, 0.1) is 0 Å². The van der Waals surface area contributed by atoms with Crippen molar-refractivity contribution in [1.82, 2.24) is 4.90 Å². The molecule has 2 aliphatic rings. The van der Waals surface area contributed by atoms with Gasteiger partial charge in [-0.3, -0.25) is 14.5 Å². The molecule has 1 aliphatic carbocycles. The summed E-state index contributed by atoms with van der Waals surface area (Å²) >= 11 is 3.56. The third-order valence-corrected chi connectivity index (χ3v) is 5.69. The van der Waals surface area contributed by atoms with Crippen LogP contribution in [-0.4, -0.2) is 28.6 Å². The van der Waals surface area contributed by atoms with Crippen molar-refractivity contribution >= 4 is 27.7 Å². The second-order valence-electron chi connectivity index (χ2n) is 5.68. The van der Waals surface area contributed by atoms with Gasteiger partial charge in [0.1, 0.15) is 0 Å². The first-order chi connectivity index (χ1) is 8.01. The minimum Gasteiger partial charge on any atom is -0.282 e. The highest BCUT2D eigenvalue weighted by Gasteiger charge is 2.46. The summed E-state index contributed by atoms with van der Waals surface area (Å²) in [6, 6.07) is 0. The lowest BCUT2D eigenvalue weighted by Crippen LogP contribution is -2.41. The summed E-state index contributed by atoms with van der Waals surface area (Å²) in [5.41, 5.74) is 0.134. The summed E-state index contributed by atoms with van der Waals surface area (Å²) in [5.74, 6) is -0.239. The molecular weight excluding hydrogens is 282 g/mol. The quantitative estimate of drug-likeness (QED) is 0.593. The van der Waals surface area contributed by atoms with E-state index in [1.165, 1.54) is 17.7 Å². The lowest BCUT2D eigenvalue weighted by molar-refractivity contribution is -0.141. The average Bonchev–Trinajstić information content (AvgIpc) is 2.87. The van der Waals surface area contributed by atoms with Gasteiger partial charge in [-0.25, -0.2) is 0 Å². The second kappa shape index (κ2) is 4.71. The van der Waals surface area contributed by atoms with Gasteiger partial charge in [0.25, 0.3) is 0 Å². The van der Waals surface area contributed by atoms with E-state index in [9.17, 15) is 9.59 Å². The molecule has 1 heterocycles. The van der Waals surface area contributed by atoms with E-state index in [-0.39, 0.29) is 29.1 Å². The SMILES string of the molecule is CC1C(=O)N(CC2(CBr)CCCC2)C(=O)C1C. The predicted molar refractivity (Wildman–Crippen MR) is 69.7 cm³/mol. The molecule has 0 spiro atoms. The molecule has 2 amide bonds. The van der Waals surface area contributed by atoms with E-state index in [0.717, 1.165) is 18.2 Å². The summed E-state index contributed by atoms with van der Waals surface area (Å²) in [4.78, 5) is 25.6. The molecule has 0 radical (unpaired) electrons. The molecule has 0 aromatic rings. The highest BCUT2D eigenvalue weighted by molar-refractivity contribution is 9.09. The van der Waals surface area contributed by atoms with Crippen LogP contribution in [0, 0.1) is 17.3 Å². The van der Waals surface area contributed by atoms with Gasteiger partial charge in [0.15, 0.2) is 0 Å². The Bertz CT molecular complexity index is 316. The molecule has 1 saturated heterocycles. The fourth-order valence-corrected chi connectivity index (χ4v) is 3.72. The molecule has 0 aromatic carbocycles. The number of rotatable bonds is 3. The topological polar surface area (TPSA) is 37.4 Å². The standard InChI is InChI=1S/C13H20BrNO2/c1-9-10(2)12(17)15(11(9)16)8-13(7-14)5-3-4-6-13/h9-10H,3-8H2,1-2H3. The van der Waals surface area contributed by atoms with E-state index in [1.807, 2.05) is 13.8 Å². The zero-order valence-electron chi connectivity index (χ0n) is 10.5. The van der Waals surface area contributed by atoms with E-state index in [1.54, 1.807) is 0 Å². The van der Waals surface area contributed by atoms with Crippen molar-refractivity contribution < 1.29 is 9.59 Å². The molecule has 3 nitrogen and oxygen atoms in total. The van der Waals surface area contributed by atoms with E-state index in [0.29, 0.717) is 6.54 Å². The van der Waals surface area contributed by atoms with Gasteiger partial charge in [0, 0.05) is 23.7 Å². The molecule has 1 aliphatic heterocycles. The molecule has 0 aromatic heterocycles. The number of halogens is 1. The third kappa shape index (κ3) is 2.16. The fraction of sp³-hybridized carbons (Fsp3) is 0.846. The van der Waals surface area contributed by atoms with Crippen LogP contribution in [0.4, 0.5) is 0 Å². The monoisotopic (exact) mass is 301 g/mol. The Kier molecular flexibility index (Phi) is 3.62. The molecule has 2 rings (SSSR count). The minimum absolute atomic E-state index is 0.0229. The number of hydrogen-bond acceptors (Lipinski definition) is 2. The van der Waals surface area contributed by atoms with Crippen LogP contribution in [0.5, 0.6) is 0 Å². The first kappa shape index (κ1) is 13.1. The smallest absolute Gasteiger partial charge is 0.232 e. The maximum absolute atomic E-state index is 12.1. The second-order valence-corrected chi connectivity index (χ2v) is 6.24. The molecule has 0 N–H and O–H groups in total. The number of carbonyl (C=O) groups excluding carboxylic acids is 2. The summed E-state index contributed by atoms with van der Waals surface area (Å²) in [5, 5.41) is 0.889. The van der Waals surface area contributed by atoms with Crippen LogP contribution >= 0.6 is 15.9 Å². The summed E-state index contributed by atoms with van der Waals surface area (Å²) in [6.07, 6.45) is 4.68. The van der Waals surface area contributed by atoms with Crippen LogP contribution in [0.15, 0.2) is 0 Å². The van der Waals surface area contributed by atoms with Crippen LogP contribution in [0.1, 0.15) is 39.5 Å². The Hall–Kier alpha value is -0.380. The molecule has 96 valence electrons. The van der Waals surface area contributed by atoms with Crippen LogP contribution in [0.2, 0.25) is 0 Å². The number of hydrogen-bond donors (Lipinski definition) is 0. The molecule has 1 saturated carbocycles. The van der Waals surface area contributed by atoms with E-state index >= 15 is 0 Å². The third-order valence-electron chi connectivity index (χ3n) is 4.50. The highest BCUT2D eigenvalue weighted by atomic mass is 79.9. The van der Waals surface area contributed by atoms with Crippen molar-refractivity contribution in [2.45, 2.75) is 39.5 Å². The molecule has 0 bridgehead atoms. The summed E-state index contributed by atoms with van der Waals surface area (Å²) in [6.45, 7) is 4.34. The molecule has 2 unspecified atom stereocenters. The van der Waals surface area contributed by atoms with Crippen molar-refractivity contribution in [2.24, 2.45) is 17.3 Å². The number of likely N-dealkylation sites (tertiary alicyclic amines) is 1. The van der Waals surface area contributed by atoms with Gasteiger partial charge < -0.3 is 0 Å². The number of imide groups is 1. The predicted octanol–water partition coefficient (Wildman–Crippen LogP) is 2.58. The zero-order valence-corrected chi connectivity index (χ0v) is 12.1. The van der Waals surface area contributed by atoms with Crippen molar-refractivity contribution in [3.8, 4) is 0 Å². The van der Waals surface area contributed by atoms with E-state index in [2.05, 4.69) is 15.9 Å². The first-order valence-electron chi connectivity index (χ1n) is 6.42. The van der Waals surface area contributed by atoms with Crippen LogP contribution < -0.4 is 0 Å². The molecule has 2 atom stereocenters. The van der Waals surface area contributed by atoms with E-state index in [4.69, 9.17) is 0 Å². The van der Waals surface area contributed by atoms with Gasteiger partial charge >= 0.3 is 0 Å². The minimum atomic E-state index is -0.142. The van der Waals surface area contributed by atoms with Crippen LogP contribution in [0.3, 0.4) is 0 Å². The van der Waals surface area contributed by atoms with Gasteiger partial charge in [0.2, 0.25) is 11.8 Å². The van der Waals surface area contributed by atoms with E-state index < -0.39 is 0 Å². The summed E-state index contributed by atoms with van der Waals surface area (Å²) < 4.78 is 0. The lowest BCUT2D eigenvalue weighted by Gasteiger charge is -2.31. The normalized spacial score (nSPS) is 32.5. The van der Waals surface area contributed by atoms with Gasteiger partial charge in [-0.1, -0.05) is 42.6 Å². The lowest BCUT2D eigenvalue weighted by atomic mass is 9.88. The largest absolute Gasteiger partial charge is 0.282 e. The van der Waals surface area contributed by atoms with Crippen molar-refractivity contribution in [3.63, 3.8) is 0 Å². The number of carbonyl (C=O) groups is 2. The number of amides is 2. The number of alkyl halides is 1. The molecule has 4 heteroatoms. The Morgan fingerprint density at radius 3 is 2.06 bits per heavy atom. The molecule has 2 fully saturated rings. The fourth-order valence-electron chi connectivity index (χ4n) is 2.98. The van der Waals surface area contributed by atoms with Crippen molar-refractivity contribution in [2.75, 3.05) is 11.9 Å². The van der Waals surface area contributed by atoms with Gasteiger partial charge in [-0.2, -0.15) is 0 Å². The Morgan fingerprint density at radius 1 is 1.18 bits per heavy atom. The van der Waals surface area contributed by atoms with Gasteiger partial charge in [-0.15, -0.1) is 0 Å². The van der Waals surface area contributed by atoms with Crippen LogP contribution in [0.25, 0.3) is 0 Å². The molecular formula is C13H20BrNO2. The first-order valence-corrected chi connectivity index (χ1v) is 7.54. The summed E-state index contributed by atoms with van der Waals surface area (Å²) in [7, 11) is 0. The van der Waals surface area contributed by atoms with Crippen LogP contribution in [-0.2, 0) is 9.59 Å².